The standard InChI is InChI=1S/C27H24N2O3S2/c1-18-12-13-22(19(2)14-18)28-25(30)17-32-23-11-7-6-10-21(23)15-24-26(31)29(27(33)34-24)16-20-8-4-3-5-9-20/h3-15H,16-17H2,1-2H3,(H,28,30)/b24-15-. The Morgan fingerprint density at radius 1 is 1.06 bits per heavy atom. The van der Waals surface area contributed by atoms with Crippen LogP contribution in [0.5, 0.6) is 5.75 Å². The Morgan fingerprint density at radius 3 is 2.56 bits per heavy atom. The summed E-state index contributed by atoms with van der Waals surface area (Å²) in [5.41, 5.74) is 4.61. The van der Waals surface area contributed by atoms with E-state index in [1.807, 2.05) is 80.6 Å². The molecule has 0 spiro atoms. The fourth-order valence-corrected chi connectivity index (χ4v) is 4.80. The topological polar surface area (TPSA) is 58.6 Å². The van der Waals surface area contributed by atoms with E-state index in [4.69, 9.17) is 17.0 Å². The third kappa shape index (κ3) is 5.73. The minimum atomic E-state index is -0.254. The molecule has 4 rings (SSSR count). The average Bonchev–Trinajstić information content (AvgIpc) is 3.08. The highest BCUT2D eigenvalue weighted by atomic mass is 32.2. The molecule has 7 heteroatoms. The minimum absolute atomic E-state index is 0.138. The maximum atomic E-state index is 13.0. The van der Waals surface area contributed by atoms with Crippen molar-refractivity contribution in [3.63, 3.8) is 0 Å². The predicted octanol–water partition coefficient (Wildman–Crippen LogP) is 5.72. The number of thiocarbonyl (C=S) groups is 1. The number of anilines is 1. The first-order chi connectivity index (χ1) is 16.4. The highest BCUT2D eigenvalue weighted by Crippen LogP contribution is 2.35. The maximum absolute atomic E-state index is 13.0. The Balaban J connectivity index is 1.44. The molecule has 172 valence electrons. The van der Waals surface area contributed by atoms with Crippen molar-refractivity contribution >= 4 is 51.9 Å². The van der Waals surface area contributed by atoms with Gasteiger partial charge in [0.05, 0.1) is 11.4 Å². The lowest BCUT2D eigenvalue weighted by Crippen LogP contribution is -2.27. The summed E-state index contributed by atoms with van der Waals surface area (Å²) in [6, 6.07) is 22.9. The number of rotatable bonds is 7. The molecule has 34 heavy (non-hydrogen) atoms. The van der Waals surface area contributed by atoms with E-state index in [9.17, 15) is 9.59 Å². The fourth-order valence-electron chi connectivity index (χ4n) is 3.56. The second-order valence-corrected chi connectivity index (χ2v) is 9.62. The molecular weight excluding hydrogens is 464 g/mol. The summed E-state index contributed by atoms with van der Waals surface area (Å²) in [5.74, 6) is 0.129. The van der Waals surface area contributed by atoms with E-state index in [1.165, 1.54) is 11.8 Å². The van der Waals surface area contributed by atoms with Crippen LogP contribution in [0.1, 0.15) is 22.3 Å². The van der Waals surface area contributed by atoms with Crippen LogP contribution in [-0.2, 0) is 16.1 Å². The van der Waals surface area contributed by atoms with Crippen LogP contribution in [0.15, 0.2) is 77.7 Å². The van der Waals surface area contributed by atoms with Gasteiger partial charge in [0.1, 0.15) is 10.1 Å². The van der Waals surface area contributed by atoms with Crippen molar-refractivity contribution in [2.24, 2.45) is 0 Å². The lowest BCUT2D eigenvalue weighted by Gasteiger charge is -2.14. The van der Waals surface area contributed by atoms with Gasteiger partial charge in [-0.3, -0.25) is 14.5 Å². The summed E-state index contributed by atoms with van der Waals surface area (Å²) in [5, 5.41) is 2.88. The summed E-state index contributed by atoms with van der Waals surface area (Å²) in [6.45, 7) is 4.24. The first-order valence-corrected chi connectivity index (χ1v) is 12.0. The normalized spacial score (nSPS) is 14.5. The van der Waals surface area contributed by atoms with E-state index in [-0.39, 0.29) is 18.4 Å². The van der Waals surface area contributed by atoms with Gasteiger partial charge in [0, 0.05) is 11.3 Å². The molecule has 1 fully saturated rings. The Hall–Kier alpha value is -3.42. The SMILES string of the molecule is Cc1ccc(NC(=O)COc2ccccc2/C=C2\SC(=S)N(Cc3ccccc3)C2=O)c(C)c1. The number of benzene rings is 3. The van der Waals surface area contributed by atoms with Crippen molar-refractivity contribution in [1.82, 2.24) is 4.90 Å². The van der Waals surface area contributed by atoms with Crippen molar-refractivity contribution in [2.45, 2.75) is 20.4 Å². The zero-order chi connectivity index (χ0) is 24.1. The Labute approximate surface area is 208 Å². The molecule has 2 amide bonds. The third-order valence-corrected chi connectivity index (χ3v) is 6.66. The molecule has 1 aliphatic heterocycles. The summed E-state index contributed by atoms with van der Waals surface area (Å²) in [4.78, 5) is 27.6. The summed E-state index contributed by atoms with van der Waals surface area (Å²) in [7, 11) is 0. The van der Waals surface area contributed by atoms with Crippen LogP contribution in [0.3, 0.4) is 0 Å². The van der Waals surface area contributed by atoms with Gasteiger partial charge in [-0.25, -0.2) is 0 Å². The average molecular weight is 489 g/mol. The summed E-state index contributed by atoms with van der Waals surface area (Å²) >= 11 is 6.72. The molecule has 0 saturated carbocycles. The third-order valence-electron chi connectivity index (χ3n) is 5.28. The fraction of sp³-hybridized carbons (Fsp3) is 0.148. The van der Waals surface area contributed by atoms with Crippen LogP contribution in [0.4, 0.5) is 5.69 Å². The molecule has 1 saturated heterocycles. The van der Waals surface area contributed by atoms with Crippen molar-refractivity contribution in [2.75, 3.05) is 11.9 Å². The van der Waals surface area contributed by atoms with Crippen molar-refractivity contribution in [1.29, 1.82) is 0 Å². The van der Waals surface area contributed by atoms with Gasteiger partial charge in [-0.2, -0.15) is 0 Å². The molecule has 0 aliphatic carbocycles. The first kappa shape index (κ1) is 23.7. The minimum Gasteiger partial charge on any atom is -0.483 e. The molecule has 1 heterocycles. The number of hydrogen-bond donors (Lipinski definition) is 1. The molecule has 5 nitrogen and oxygen atoms in total. The Morgan fingerprint density at radius 2 is 1.79 bits per heavy atom. The highest BCUT2D eigenvalue weighted by Gasteiger charge is 2.32. The number of aryl methyl sites for hydroxylation is 2. The van der Waals surface area contributed by atoms with Crippen LogP contribution in [0, 0.1) is 13.8 Å². The molecule has 0 unspecified atom stereocenters. The molecular formula is C27H24N2O3S2. The second kappa shape index (κ2) is 10.7. The van der Waals surface area contributed by atoms with Crippen LogP contribution in [0.25, 0.3) is 6.08 Å². The van der Waals surface area contributed by atoms with Crippen LogP contribution >= 0.6 is 24.0 Å². The molecule has 0 bridgehead atoms. The van der Waals surface area contributed by atoms with Gasteiger partial charge in [-0.15, -0.1) is 0 Å². The number of para-hydroxylation sites is 1. The predicted molar refractivity (Wildman–Crippen MR) is 142 cm³/mol. The molecule has 0 radical (unpaired) electrons. The van der Waals surface area contributed by atoms with Crippen molar-refractivity contribution in [3.8, 4) is 5.75 Å². The number of carbonyl (C=O) groups is 2. The van der Waals surface area contributed by atoms with E-state index in [1.54, 1.807) is 17.0 Å². The Bertz CT molecular complexity index is 1270. The second-order valence-electron chi connectivity index (χ2n) is 7.95. The smallest absolute Gasteiger partial charge is 0.266 e. The molecule has 1 N–H and O–H groups in total. The van der Waals surface area contributed by atoms with Gasteiger partial charge in [-0.05, 0) is 43.2 Å². The van der Waals surface area contributed by atoms with Crippen molar-refractivity contribution < 1.29 is 14.3 Å². The number of ether oxygens (including phenoxy) is 1. The van der Waals surface area contributed by atoms with E-state index < -0.39 is 0 Å². The zero-order valence-electron chi connectivity index (χ0n) is 18.9. The van der Waals surface area contributed by atoms with Gasteiger partial charge in [-0.1, -0.05) is 90.2 Å². The highest BCUT2D eigenvalue weighted by molar-refractivity contribution is 8.26. The molecule has 3 aromatic carbocycles. The van der Waals surface area contributed by atoms with Crippen LogP contribution < -0.4 is 10.1 Å². The van der Waals surface area contributed by atoms with Gasteiger partial charge in [0.15, 0.2) is 6.61 Å². The van der Waals surface area contributed by atoms with Gasteiger partial charge in [0.25, 0.3) is 11.8 Å². The molecule has 1 aliphatic rings. The zero-order valence-corrected chi connectivity index (χ0v) is 20.5. The molecule has 0 aromatic heterocycles. The number of amides is 2. The van der Waals surface area contributed by atoms with E-state index in [0.29, 0.717) is 27.1 Å². The largest absolute Gasteiger partial charge is 0.483 e. The summed E-state index contributed by atoms with van der Waals surface area (Å²) in [6.07, 6.45) is 1.77. The number of thioether (sulfide) groups is 1. The van der Waals surface area contributed by atoms with Crippen LogP contribution in [0.2, 0.25) is 0 Å². The lowest BCUT2D eigenvalue weighted by molar-refractivity contribution is -0.122. The first-order valence-electron chi connectivity index (χ1n) is 10.8. The van der Waals surface area contributed by atoms with Gasteiger partial charge in [0.2, 0.25) is 0 Å². The Kier molecular flexibility index (Phi) is 7.45. The van der Waals surface area contributed by atoms with Crippen LogP contribution in [-0.4, -0.2) is 27.6 Å². The monoisotopic (exact) mass is 488 g/mol. The van der Waals surface area contributed by atoms with E-state index in [2.05, 4.69) is 5.32 Å². The number of carbonyl (C=O) groups excluding carboxylic acids is 2. The summed E-state index contributed by atoms with van der Waals surface area (Å²) < 4.78 is 6.33. The number of nitrogens with zero attached hydrogens (tertiary/aromatic N) is 1. The van der Waals surface area contributed by atoms with Crippen molar-refractivity contribution in [3.05, 3.63) is 100.0 Å². The number of nitrogens with one attached hydrogen (secondary N) is 1. The van der Waals surface area contributed by atoms with E-state index >= 15 is 0 Å². The molecule has 3 aromatic rings. The lowest BCUT2D eigenvalue weighted by atomic mass is 10.1. The number of hydrogen-bond acceptors (Lipinski definition) is 5. The van der Waals surface area contributed by atoms with Gasteiger partial charge < -0.3 is 10.1 Å². The maximum Gasteiger partial charge on any atom is 0.266 e. The quantitative estimate of drug-likeness (QED) is 0.340. The van der Waals surface area contributed by atoms with Gasteiger partial charge >= 0.3 is 0 Å². The van der Waals surface area contributed by atoms with E-state index in [0.717, 1.165) is 22.4 Å². The molecule has 0 atom stereocenters.